The molecule has 0 amide bonds. The van der Waals surface area contributed by atoms with E-state index in [4.69, 9.17) is 4.42 Å². The van der Waals surface area contributed by atoms with E-state index in [1.165, 1.54) is 0 Å². The Labute approximate surface area is 94.5 Å². The van der Waals surface area contributed by atoms with E-state index in [0.29, 0.717) is 12.2 Å². The minimum absolute atomic E-state index is 0.533. The van der Waals surface area contributed by atoms with Gasteiger partial charge in [-0.2, -0.15) is 5.10 Å². The molecular formula is C12H16N2O2. The molecule has 4 nitrogen and oxygen atoms in total. The monoisotopic (exact) mass is 220 g/mol. The van der Waals surface area contributed by atoms with Gasteiger partial charge in [0, 0.05) is 13.2 Å². The molecule has 2 aromatic rings. The van der Waals surface area contributed by atoms with E-state index >= 15 is 0 Å². The standard InChI is InChI=1S/C12H16N2O2/c1-9-3-6-12(16-9)11(15)5-4-10-7-13-14(2)8-10/h3,6-8,11,15H,4-5H2,1-2H3. The Morgan fingerprint density at radius 3 is 2.88 bits per heavy atom. The first kappa shape index (κ1) is 11.0. The zero-order valence-corrected chi connectivity index (χ0v) is 9.55. The Morgan fingerprint density at radius 1 is 1.50 bits per heavy atom. The molecule has 0 radical (unpaired) electrons. The molecule has 2 aromatic heterocycles. The van der Waals surface area contributed by atoms with Crippen molar-refractivity contribution in [3.8, 4) is 0 Å². The number of aryl methyl sites for hydroxylation is 3. The fourth-order valence-corrected chi connectivity index (χ4v) is 1.68. The lowest BCUT2D eigenvalue weighted by Crippen LogP contribution is -1.97. The van der Waals surface area contributed by atoms with E-state index in [-0.39, 0.29) is 0 Å². The van der Waals surface area contributed by atoms with Crippen molar-refractivity contribution in [3.63, 3.8) is 0 Å². The minimum atomic E-state index is -0.533. The third-order valence-electron chi connectivity index (χ3n) is 2.55. The summed E-state index contributed by atoms with van der Waals surface area (Å²) >= 11 is 0. The second-order valence-electron chi connectivity index (χ2n) is 4.03. The number of aliphatic hydroxyl groups excluding tert-OH is 1. The smallest absolute Gasteiger partial charge is 0.132 e. The van der Waals surface area contributed by atoms with E-state index in [1.54, 1.807) is 4.68 Å². The van der Waals surface area contributed by atoms with Crippen LogP contribution in [-0.2, 0) is 13.5 Å². The average Bonchev–Trinajstić information content (AvgIpc) is 2.84. The van der Waals surface area contributed by atoms with Crippen molar-refractivity contribution in [2.75, 3.05) is 0 Å². The van der Waals surface area contributed by atoms with Gasteiger partial charge in [-0.3, -0.25) is 4.68 Å². The molecule has 4 heteroatoms. The summed E-state index contributed by atoms with van der Waals surface area (Å²) in [5.41, 5.74) is 1.13. The Hall–Kier alpha value is -1.55. The molecule has 1 N–H and O–H groups in total. The average molecular weight is 220 g/mol. The maximum atomic E-state index is 9.88. The van der Waals surface area contributed by atoms with Crippen molar-refractivity contribution >= 4 is 0 Å². The molecule has 0 aliphatic carbocycles. The third-order valence-corrected chi connectivity index (χ3v) is 2.55. The van der Waals surface area contributed by atoms with Gasteiger partial charge in [-0.05, 0) is 37.5 Å². The van der Waals surface area contributed by atoms with Crippen LogP contribution in [0.5, 0.6) is 0 Å². The van der Waals surface area contributed by atoms with Crippen LogP contribution in [0.1, 0.15) is 29.6 Å². The number of rotatable bonds is 4. The Bertz CT molecular complexity index is 459. The lowest BCUT2D eigenvalue weighted by Gasteiger charge is -2.05. The van der Waals surface area contributed by atoms with Crippen LogP contribution in [0.15, 0.2) is 28.9 Å². The second kappa shape index (κ2) is 4.53. The summed E-state index contributed by atoms with van der Waals surface area (Å²) < 4.78 is 7.13. The van der Waals surface area contributed by atoms with Gasteiger partial charge in [-0.15, -0.1) is 0 Å². The van der Waals surface area contributed by atoms with Gasteiger partial charge in [0.15, 0.2) is 0 Å². The first-order chi connectivity index (χ1) is 7.65. The van der Waals surface area contributed by atoms with E-state index in [9.17, 15) is 5.11 Å². The van der Waals surface area contributed by atoms with Crippen molar-refractivity contribution in [1.29, 1.82) is 0 Å². The topological polar surface area (TPSA) is 51.2 Å². The van der Waals surface area contributed by atoms with E-state index in [1.807, 2.05) is 38.5 Å². The Morgan fingerprint density at radius 2 is 2.31 bits per heavy atom. The predicted molar refractivity (Wildman–Crippen MR) is 59.9 cm³/mol. The number of aromatic nitrogens is 2. The van der Waals surface area contributed by atoms with Crippen LogP contribution in [-0.4, -0.2) is 14.9 Å². The largest absolute Gasteiger partial charge is 0.464 e. The van der Waals surface area contributed by atoms with Crippen LogP contribution < -0.4 is 0 Å². The summed E-state index contributed by atoms with van der Waals surface area (Å²) in [6.07, 6.45) is 4.70. The van der Waals surface area contributed by atoms with Crippen LogP contribution in [0.25, 0.3) is 0 Å². The lowest BCUT2D eigenvalue weighted by atomic mass is 10.1. The van der Waals surface area contributed by atoms with Gasteiger partial charge in [0.05, 0.1) is 6.20 Å². The van der Waals surface area contributed by atoms with Crippen LogP contribution in [0, 0.1) is 6.92 Å². The number of nitrogens with zero attached hydrogens (tertiary/aromatic N) is 2. The molecule has 0 aliphatic rings. The molecule has 2 heterocycles. The maximum absolute atomic E-state index is 9.88. The summed E-state index contributed by atoms with van der Waals surface area (Å²) in [4.78, 5) is 0. The van der Waals surface area contributed by atoms with Gasteiger partial charge < -0.3 is 9.52 Å². The van der Waals surface area contributed by atoms with Crippen molar-refractivity contribution in [2.24, 2.45) is 7.05 Å². The molecule has 16 heavy (non-hydrogen) atoms. The summed E-state index contributed by atoms with van der Waals surface area (Å²) in [5, 5.41) is 14.0. The van der Waals surface area contributed by atoms with Gasteiger partial charge in [0.2, 0.25) is 0 Å². The third kappa shape index (κ3) is 2.52. The van der Waals surface area contributed by atoms with Gasteiger partial charge >= 0.3 is 0 Å². The molecule has 0 saturated carbocycles. The normalized spacial score (nSPS) is 12.9. The minimum Gasteiger partial charge on any atom is -0.464 e. The SMILES string of the molecule is Cc1ccc(C(O)CCc2cnn(C)c2)o1. The molecule has 2 rings (SSSR count). The first-order valence-electron chi connectivity index (χ1n) is 5.37. The maximum Gasteiger partial charge on any atom is 0.132 e. The van der Waals surface area contributed by atoms with E-state index in [2.05, 4.69) is 5.10 Å². The summed E-state index contributed by atoms with van der Waals surface area (Å²) in [6.45, 7) is 1.87. The molecule has 0 aromatic carbocycles. The highest BCUT2D eigenvalue weighted by Gasteiger charge is 2.11. The Kier molecular flexibility index (Phi) is 3.10. The van der Waals surface area contributed by atoms with Gasteiger partial charge in [0.1, 0.15) is 17.6 Å². The highest BCUT2D eigenvalue weighted by atomic mass is 16.4. The van der Waals surface area contributed by atoms with E-state index < -0.39 is 6.10 Å². The quantitative estimate of drug-likeness (QED) is 0.857. The fraction of sp³-hybridized carbons (Fsp3) is 0.417. The highest BCUT2D eigenvalue weighted by Crippen LogP contribution is 2.20. The van der Waals surface area contributed by atoms with Crippen molar-refractivity contribution < 1.29 is 9.52 Å². The fourth-order valence-electron chi connectivity index (χ4n) is 1.68. The van der Waals surface area contributed by atoms with Crippen molar-refractivity contribution in [1.82, 2.24) is 9.78 Å². The second-order valence-corrected chi connectivity index (χ2v) is 4.03. The molecular weight excluding hydrogens is 204 g/mol. The number of aliphatic hydroxyl groups is 1. The van der Waals surface area contributed by atoms with E-state index in [0.717, 1.165) is 17.7 Å². The van der Waals surface area contributed by atoms with Crippen LogP contribution in [0.2, 0.25) is 0 Å². The number of hydrogen-bond acceptors (Lipinski definition) is 3. The van der Waals surface area contributed by atoms with Crippen LogP contribution in [0.3, 0.4) is 0 Å². The van der Waals surface area contributed by atoms with Crippen molar-refractivity contribution in [2.45, 2.75) is 25.9 Å². The summed E-state index contributed by atoms with van der Waals surface area (Å²) in [7, 11) is 1.88. The summed E-state index contributed by atoms with van der Waals surface area (Å²) in [5.74, 6) is 1.47. The molecule has 0 saturated heterocycles. The van der Waals surface area contributed by atoms with Crippen molar-refractivity contribution in [3.05, 3.63) is 41.6 Å². The van der Waals surface area contributed by atoms with Gasteiger partial charge in [0.25, 0.3) is 0 Å². The first-order valence-corrected chi connectivity index (χ1v) is 5.37. The molecule has 1 unspecified atom stereocenters. The zero-order chi connectivity index (χ0) is 11.5. The Balaban J connectivity index is 1.91. The number of hydrogen-bond donors (Lipinski definition) is 1. The lowest BCUT2D eigenvalue weighted by molar-refractivity contribution is 0.139. The molecule has 0 aliphatic heterocycles. The molecule has 86 valence electrons. The predicted octanol–water partition coefficient (Wildman–Crippen LogP) is 1.99. The van der Waals surface area contributed by atoms with Gasteiger partial charge in [-0.25, -0.2) is 0 Å². The molecule has 0 spiro atoms. The van der Waals surface area contributed by atoms with Crippen LogP contribution in [0.4, 0.5) is 0 Å². The number of furan rings is 1. The molecule has 0 bridgehead atoms. The van der Waals surface area contributed by atoms with Gasteiger partial charge in [-0.1, -0.05) is 0 Å². The zero-order valence-electron chi connectivity index (χ0n) is 9.55. The molecule has 1 atom stereocenters. The molecule has 0 fully saturated rings. The highest BCUT2D eigenvalue weighted by molar-refractivity contribution is 5.09. The summed E-state index contributed by atoms with van der Waals surface area (Å²) in [6, 6.07) is 3.69. The van der Waals surface area contributed by atoms with Crippen LogP contribution >= 0.6 is 0 Å².